The molecule has 3 rings (SSSR count). The van der Waals surface area contributed by atoms with Gasteiger partial charge in [0.15, 0.2) is 0 Å². The fraction of sp³-hybridized carbons (Fsp3) is 0.167. The van der Waals surface area contributed by atoms with E-state index in [0.717, 1.165) is 29.7 Å². The summed E-state index contributed by atoms with van der Waals surface area (Å²) in [5, 5.41) is 6.62. The first-order chi connectivity index (χ1) is 11.3. The van der Waals surface area contributed by atoms with Crippen LogP contribution in [0.5, 0.6) is 0 Å². The Kier molecular flexibility index (Phi) is 4.79. The molecule has 0 aliphatic carbocycles. The molecule has 0 unspecified atom stereocenters. The maximum atomic E-state index is 4.43. The lowest BCUT2D eigenvalue weighted by molar-refractivity contribution is 0.985. The van der Waals surface area contributed by atoms with Crippen molar-refractivity contribution in [1.82, 2.24) is 15.0 Å². The molecule has 116 valence electrons. The van der Waals surface area contributed by atoms with E-state index in [1.165, 1.54) is 5.56 Å². The summed E-state index contributed by atoms with van der Waals surface area (Å²) >= 11 is 0. The summed E-state index contributed by atoms with van der Waals surface area (Å²) in [6.07, 6.45) is 1.79. The number of nitrogens with one attached hydrogen (secondary N) is 2. The average molecular weight is 305 g/mol. The van der Waals surface area contributed by atoms with Gasteiger partial charge in [-0.1, -0.05) is 36.4 Å². The van der Waals surface area contributed by atoms with Crippen LogP contribution in [0, 0.1) is 6.92 Å². The fourth-order valence-corrected chi connectivity index (χ4v) is 2.22. The van der Waals surface area contributed by atoms with Crippen molar-refractivity contribution in [3.63, 3.8) is 0 Å². The molecule has 2 aromatic heterocycles. The summed E-state index contributed by atoms with van der Waals surface area (Å²) in [5.74, 6) is 2.33. The molecule has 0 spiro atoms. The van der Waals surface area contributed by atoms with Gasteiger partial charge in [0.2, 0.25) is 0 Å². The fourth-order valence-electron chi connectivity index (χ4n) is 2.22. The van der Waals surface area contributed by atoms with E-state index in [2.05, 4.69) is 37.7 Å². The number of pyridine rings is 1. The lowest BCUT2D eigenvalue weighted by atomic mass is 10.2. The Balaban J connectivity index is 1.64. The van der Waals surface area contributed by atoms with E-state index < -0.39 is 0 Å². The molecule has 0 aliphatic heterocycles. The number of hydrogen-bond donors (Lipinski definition) is 2. The topological polar surface area (TPSA) is 62.7 Å². The Hall–Kier alpha value is -2.95. The number of anilines is 2. The predicted molar refractivity (Wildman–Crippen MR) is 92.1 cm³/mol. The minimum Gasteiger partial charge on any atom is -0.366 e. The molecule has 0 amide bonds. The van der Waals surface area contributed by atoms with Gasteiger partial charge in [0.1, 0.15) is 17.5 Å². The standard InChI is InChI=1S/C18H19N5/c1-14-22-17(20-12-15-7-3-2-4-8-15)11-18(23-14)21-13-16-9-5-6-10-19-16/h2-11H,12-13H2,1H3,(H2,20,21,22,23). The SMILES string of the molecule is Cc1nc(NCc2ccccc2)cc(NCc2ccccn2)n1. The Morgan fingerprint density at radius 2 is 1.52 bits per heavy atom. The van der Waals surface area contributed by atoms with E-state index in [1.54, 1.807) is 6.20 Å². The zero-order valence-electron chi connectivity index (χ0n) is 13.0. The second-order valence-electron chi connectivity index (χ2n) is 5.20. The number of hydrogen-bond acceptors (Lipinski definition) is 5. The van der Waals surface area contributed by atoms with Crippen molar-refractivity contribution >= 4 is 11.6 Å². The smallest absolute Gasteiger partial charge is 0.132 e. The van der Waals surface area contributed by atoms with Crippen LogP contribution in [0.25, 0.3) is 0 Å². The molecule has 3 aromatic rings. The van der Waals surface area contributed by atoms with Gasteiger partial charge in [-0.2, -0.15) is 0 Å². The lowest BCUT2D eigenvalue weighted by Gasteiger charge is -2.10. The minimum absolute atomic E-state index is 0.634. The van der Waals surface area contributed by atoms with E-state index in [0.29, 0.717) is 6.54 Å². The van der Waals surface area contributed by atoms with Crippen molar-refractivity contribution in [3.05, 3.63) is 77.9 Å². The first-order valence-corrected chi connectivity index (χ1v) is 7.57. The molecule has 2 N–H and O–H groups in total. The van der Waals surface area contributed by atoms with Crippen LogP contribution in [0.1, 0.15) is 17.1 Å². The van der Waals surface area contributed by atoms with Crippen molar-refractivity contribution in [2.45, 2.75) is 20.0 Å². The van der Waals surface area contributed by atoms with Crippen molar-refractivity contribution < 1.29 is 0 Å². The third-order valence-electron chi connectivity index (χ3n) is 3.33. The Bertz CT molecular complexity index is 682. The second-order valence-corrected chi connectivity index (χ2v) is 5.20. The highest BCUT2D eigenvalue weighted by Crippen LogP contribution is 2.13. The van der Waals surface area contributed by atoms with Crippen LogP contribution in [0.15, 0.2) is 60.8 Å². The quantitative estimate of drug-likeness (QED) is 0.731. The summed E-state index contributed by atoms with van der Waals surface area (Å²) in [6.45, 7) is 3.26. The van der Waals surface area contributed by atoms with Gasteiger partial charge in [0.25, 0.3) is 0 Å². The molecule has 5 heteroatoms. The van der Waals surface area contributed by atoms with Gasteiger partial charge in [-0.25, -0.2) is 9.97 Å². The summed E-state index contributed by atoms with van der Waals surface area (Å²) in [7, 11) is 0. The highest BCUT2D eigenvalue weighted by molar-refractivity contribution is 5.48. The third-order valence-corrected chi connectivity index (χ3v) is 3.33. The van der Waals surface area contributed by atoms with E-state index in [9.17, 15) is 0 Å². The molecular formula is C18H19N5. The van der Waals surface area contributed by atoms with E-state index in [4.69, 9.17) is 0 Å². The van der Waals surface area contributed by atoms with Gasteiger partial charge in [0.05, 0.1) is 12.2 Å². The van der Waals surface area contributed by atoms with Gasteiger partial charge in [-0.05, 0) is 24.6 Å². The molecule has 5 nitrogen and oxygen atoms in total. The van der Waals surface area contributed by atoms with Crippen LogP contribution in [-0.4, -0.2) is 15.0 Å². The zero-order valence-corrected chi connectivity index (χ0v) is 13.0. The molecule has 0 radical (unpaired) electrons. The Morgan fingerprint density at radius 3 is 2.22 bits per heavy atom. The Morgan fingerprint density at radius 1 is 0.826 bits per heavy atom. The molecule has 0 atom stereocenters. The highest BCUT2D eigenvalue weighted by Gasteiger charge is 2.02. The predicted octanol–water partition coefficient (Wildman–Crippen LogP) is 3.40. The number of aromatic nitrogens is 3. The average Bonchev–Trinajstić information content (AvgIpc) is 2.60. The van der Waals surface area contributed by atoms with Crippen molar-refractivity contribution in [3.8, 4) is 0 Å². The van der Waals surface area contributed by atoms with Crippen molar-refractivity contribution in [2.75, 3.05) is 10.6 Å². The van der Waals surface area contributed by atoms with Gasteiger partial charge in [-0.15, -0.1) is 0 Å². The summed E-state index contributed by atoms with van der Waals surface area (Å²) in [6, 6.07) is 18.0. The molecule has 0 bridgehead atoms. The van der Waals surface area contributed by atoms with Crippen LogP contribution in [0.4, 0.5) is 11.6 Å². The molecule has 0 saturated heterocycles. The first kappa shape index (κ1) is 15.0. The molecule has 0 aliphatic rings. The maximum absolute atomic E-state index is 4.43. The zero-order chi connectivity index (χ0) is 15.9. The maximum Gasteiger partial charge on any atom is 0.132 e. The van der Waals surface area contributed by atoms with Crippen LogP contribution >= 0.6 is 0 Å². The van der Waals surface area contributed by atoms with Crippen molar-refractivity contribution in [1.29, 1.82) is 0 Å². The second kappa shape index (κ2) is 7.35. The summed E-state index contributed by atoms with van der Waals surface area (Å²) < 4.78 is 0. The third kappa shape index (κ3) is 4.51. The van der Waals surface area contributed by atoms with Gasteiger partial charge >= 0.3 is 0 Å². The monoisotopic (exact) mass is 305 g/mol. The van der Waals surface area contributed by atoms with Crippen LogP contribution in [0.2, 0.25) is 0 Å². The van der Waals surface area contributed by atoms with Gasteiger partial charge in [0, 0.05) is 18.8 Å². The minimum atomic E-state index is 0.634. The largest absolute Gasteiger partial charge is 0.366 e. The molecule has 0 saturated carbocycles. The normalized spacial score (nSPS) is 10.3. The van der Waals surface area contributed by atoms with Gasteiger partial charge < -0.3 is 10.6 Å². The number of nitrogens with zero attached hydrogens (tertiary/aromatic N) is 3. The summed E-state index contributed by atoms with van der Waals surface area (Å²) in [4.78, 5) is 13.1. The summed E-state index contributed by atoms with van der Waals surface area (Å²) in [5.41, 5.74) is 2.19. The molecule has 2 heterocycles. The first-order valence-electron chi connectivity index (χ1n) is 7.57. The number of aryl methyl sites for hydroxylation is 1. The van der Waals surface area contributed by atoms with Crippen LogP contribution < -0.4 is 10.6 Å². The van der Waals surface area contributed by atoms with E-state index >= 15 is 0 Å². The lowest BCUT2D eigenvalue weighted by Crippen LogP contribution is -2.07. The van der Waals surface area contributed by atoms with E-state index in [-0.39, 0.29) is 0 Å². The number of benzene rings is 1. The van der Waals surface area contributed by atoms with Crippen LogP contribution in [-0.2, 0) is 13.1 Å². The number of rotatable bonds is 6. The van der Waals surface area contributed by atoms with Crippen LogP contribution in [0.3, 0.4) is 0 Å². The van der Waals surface area contributed by atoms with Gasteiger partial charge in [-0.3, -0.25) is 4.98 Å². The molecule has 1 aromatic carbocycles. The van der Waals surface area contributed by atoms with E-state index in [1.807, 2.05) is 49.4 Å². The molecule has 23 heavy (non-hydrogen) atoms. The molecule has 0 fully saturated rings. The Labute approximate surface area is 135 Å². The molecular weight excluding hydrogens is 286 g/mol. The highest BCUT2D eigenvalue weighted by atomic mass is 15.1. The van der Waals surface area contributed by atoms with Crippen molar-refractivity contribution in [2.24, 2.45) is 0 Å².